The summed E-state index contributed by atoms with van der Waals surface area (Å²) in [4.78, 5) is 1.43. The van der Waals surface area contributed by atoms with Gasteiger partial charge < -0.3 is 9.73 Å². The van der Waals surface area contributed by atoms with Crippen LogP contribution < -0.4 is 5.32 Å². The van der Waals surface area contributed by atoms with E-state index < -0.39 is 0 Å². The number of furan rings is 1. The van der Waals surface area contributed by atoms with E-state index >= 15 is 0 Å². The second-order valence-corrected chi connectivity index (χ2v) is 4.55. The van der Waals surface area contributed by atoms with Crippen molar-refractivity contribution in [2.24, 2.45) is 0 Å². The first kappa shape index (κ1) is 10.5. The summed E-state index contributed by atoms with van der Waals surface area (Å²) in [6.07, 6.45) is 2.80. The molecule has 0 aromatic carbocycles. The van der Waals surface area contributed by atoms with Crippen LogP contribution >= 0.6 is 11.3 Å². The molecule has 0 bridgehead atoms. The topological polar surface area (TPSA) is 25.2 Å². The smallest absolute Gasteiger partial charge is 0.120 e. The third-order valence-corrected chi connectivity index (χ3v) is 3.31. The summed E-state index contributed by atoms with van der Waals surface area (Å²) in [5.41, 5.74) is 0. The first-order chi connectivity index (χ1) is 7.36. The van der Waals surface area contributed by atoms with Crippen LogP contribution in [-0.4, -0.2) is 6.54 Å². The summed E-state index contributed by atoms with van der Waals surface area (Å²) in [5.74, 6) is 1.00. The third-order valence-electron chi connectivity index (χ3n) is 2.37. The van der Waals surface area contributed by atoms with Crippen LogP contribution in [0.25, 0.3) is 0 Å². The molecule has 0 radical (unpaired) electrons. The highest BCUT2D eigenvalue weighted by atomic mass is 32.1. The molecule has 0 fully saturated rings. The Hall–Kier alpha value is -1.06. The van der Waals surface area contributed by atoms with Crippen LogP contribution in [0, 0.1) is 0 Å². The van der Waals surface area contributed by atoms with E-state index in [1.54, 1.807) is 6.26 Å². The van der Waals surface area contributed by atoms with Crippen molar-refractivity contribution in [3.8, 4) is 0 Å². The molecule has 0 aliphatic heterocycles. The molecule has 1 atom stereocenters. The van der Waals surface area contributed by atoms with Crippen molar-refractivity contribution in [3.63, 3.8) is 0 Å². The maximum atomic E-state index is 5.32. The lowest BCUT2D eigenvalue weighted by molar-refractivity contribution is 0.433. The van der Waals surface area contributed by atoms with Gasteiger partial charge in [0.2, 0.25) is 0 Å². The molecule has 2 nitrogen and oxygen atoms in total. The molecule has 0 amide bonds. The molecule has 0 aliphatic carbocycles. The molecule has 0 spiro atoms. The number of hydrogen-bond donors (Lipinski definition) is 1. The van der Waals surface area contributed by atoms with E-state index in [1.165, 1.54) is 4.88 Å². The summed E-state index contributed by atoms with van der Waals surface area (Å²) in [7, 11) is 0. The van der Waals surface area contributed by atoms with E-state index in [0.29, 0.717) is 6.04 Å². The summed E-state index contributed by atoms with van der Waals surface area (Å²) in [6.45, 7) is 3.11. The molecule has 80 valence electrons. The molecule has 0 saturated carbocycles. The highest BCUT2D eigenvalue weighted by molar-refractivity contribution is 7.09. The molecule has 2 heterocycles. The van der Waals surface area contributed by atoms with Crippen molar-refractivity contribution < 1.29 is 4.42 Å². The van der Waals surface area contributed by atoms with Crippen LogP contribution in [0.5, 0.6) is 0 Å². The predicted octanol–water partition coefficient (Wildman–Crippen LogP) is 3.23. The highest BCUT2D eigenvalue weighted by Crippen LogP contribution is 2.13. The van der Waals surface area contributed by atoms with Crippen molar-refractivity contribution in [1.82, 2.24) is 5.32 Å². The minimum Gasteiger partial charge on any atom is -0.468 e. The predicted molar refractivity (Wildman–Crippen MR) is 63.1 cm³/mol. The Morgan fingerprint density at radius 2 is 2.33 bits per heavy atom. The summed E-state index contributed by atoms with van der Waals surface area (Å²) in [5, 5.41) is 5.55. The Bertz CT molecular complexity index is 366. The van der Waals surface area contributed by atoms with Crippen LogP contribution in [0.2, 0.25) is 0 Å². The largest absolute Gasteiger partial charge is 0.468 e. The average Bonchev–Trinajstić information content (AvgIpc) is 2.90. The lowest BCUT2D eigenvalue weighted by Crippen LogP contribution is -2.20. The minimum absolute atomic E-state index is 0.292. The van der Waals surface area contributed by atoms with Gasteiger partial charge in [-0.1, -0.05) is 6.07 Å². The Kier molecular flexibility index (Phi) is 3.59. The number of hydrogen-bond acceptors (Lipinski definition) is 3. The van der Waals surface area contributed by atoms with Gasteiger partial charge in [-0.05, 0) is 36.9 Å². The third kappa shape index (κ3) is 2.94. The molecule has 0 aliphatic rings. The van der Waals surface area contributed by atoms with Gasteiger partial charge in [0.15, 0.2) is 0 Å². The molecule has 2 aromatic rings. The summed E-state index contributed by atoms with van der Waals surface area (Å²) < 4.78 is 5.32. The number of nitrogens with one attached hydrogen (secondary N) is 1. The highest BCUT2D eigenvalue weighted by Gasteiger charge is 2.06. The van der Waals surface area contributed by atoms with Crippen molar-refractivity contribution >= 4 is 11.3 Å². The Labute approximate surface area is 93.9 Å². The second-order valence-electron chi connectivity index (χ2n) is 3.52. The molecule has 0 saturated heterocycles. The Balaban J connectivity index is 1.74. The van der Waals surface area contributed by atoms with Gasteiger partial charge in [-0.25, -0.2) is 0 Å². The van der Waals surface area contributed by atoms with Crippen LogP contribution in [0.15, 0.2) is 40.3 Å². The normalized spacial score (nSPS) is 12.9. The standard InChI is InChI=1S/C12H15NOS/c1-10(12-5-2-8-14-12)13-7-6-11-4-3-9-15-11/h2-5,8-10,13H,6-7H2,1H3. The van der Waals surface area contributed by atoms with Gasteiger partial charge in [0, 0.05) is 11.4 Å². The quantitative estimate of drug-likeness (QED) is 0.838. The van der Waals surface area contributed by atoms with Gasteiger partial charge in [-0.3, -0.25) is 0 Å². The van der Waals surface area contributed by atoms with Crippen molar-refractivity contribution in [2.45, 2.75) is 19.4 Å². The maximum absolute atomic E-state index is 5.32. The fourth-order valence-electron chi connectivity index (χ4n) is 1.50. The molecule has 3 heteroatoms. The molecule has 2 aromatic heterocycles. The maximum Gasteiger partial charge on any atom is 0.120 e. The second kappa shape index (κ2) is 5.14. The first-order valence-corrected chi connectivity index (χ1v) is 6.03. The summed E-state index contributed by atoms with van der Waals surface area (Å²) in [6, 6.07) is 8.48. The fourth-order valence-corrected chi connectivity index (χ4v) is 2.21. The zero-order chi connectivity index (χ0) is 10.5. The van der Waals surface area contributed by atoms with Gasteiger partial charge in [0.05, 0.1) is 12.3 Å². The molecule has 15 heavy (non-hydrogen) atoms. The van der Waals surface area contributed by atoms with Gasteiger partial charge in [0.1, 0.15) is 5.76 Å². The van der Waals surface area contributed by atoms with Gasteiger partial charge in [-0.2, -0.15) is 0 Å². The fraction of sp³-hybridized carbons (Fsp3) is 0.333. The van der Waals surface area contributed by atoms with E-state index in [1.807, 2.05) is 23.5 Å². The van der Waals surface area contributed by atoms with Gasteiger partial charge in [-0.15, -0.1) is 11.3 Å². The number of thiophene rings is 1. The van der Waals surface area contributed by atoms with Gasteiger partial charge >= 0.3 is 0 Å². The van der Waals surface area contributed by atoms with Crippen molar-refractivity contribution in [1.29, 1.82) is 0 Å². The Morgan fingerprint density at radius 1 is 1.40 bits per heavy atom. The van der Waals surface area contributed by atoms with Crippen LogP contribution in [0.3, 0.4) is 0 Å². The van der Waals surface area contributed by atoms with E-state index in [2.05, 4.69) is 29.8 Å². The first-order valence-electron chi connectivity index (χ1n) is 5.15. The van der Waals surface area contributed by atoms with Crippen LogP contribution in [0.1, 0.15) is 23.6 Å². The van der Waals surface area contributed by atoms with E-state index in [-0.39, 0.29) is 0 Å². The van der Waals surface area contributed by atoms with Crippen molar-refractivity contribution in [2.75, 3.05) is 6.54 Å². The van der Waals surface area contributed by atoms with E-state index in [4.69, 9.17) is 4.42 Å². The minimum atomic E-state index is 0.292. The number of rotatable bonds is 5. The SMILES string of the molecule is CC(NCCc1cccs1)c1ccco1. The van der Waals surface area contributed by atoms with Gasteiger partial charge in [0.25, 0.3) is 0 Å². The lowest BCUT2D eigenvalue weighted by Gasteiger charge is -2.10. The zero-order valence-electron chi connectivity index (χ0n) is 8.77. The lowest BCUT2D eigenvalue weighted by atomic mass is 10.2. The monoisotopic (exact) mass is 221 g/mol. The molecule has 2 rings (SSSR count). The van der Waals surface area contributed by atoms with E-state index in [9.17, 15) is 0 Å². The van der Waals surface area contributed by atoms with Crippen molar-refractivity contribution in [3.05, 3.63) is 46.5 Å². The average molecular weight is 221 g/mol. The van der Waals surface area contributed by atoms with Crippen LogP contribution in [-0.2, 0) is 6.42 Å². The van der Waals surface area contributed by atoms with E-state index in [0.717, 1.165) is 18.7 Å². The molecule has 1 N–H and O–H groups in total. The van der Waals surface area contributed by atoms with Crippen LogP contribution in [0.4, 0.5) is 0 Å². The Morgan fingerprint density at radius 3 is 3.00 bits per heavy atom. The molecule has 1 unspecified atom stereocenters. The summed E-state index contributed by atoms with van der Waals surface area (Å²) >= 11 is 1.81. The molecular weight excluding hydrogens is 206 g/mol. The zero-order valence-corrected chi connectivity index (χ0v) is 9.59. The molecular formula is C12H15NOS.